The summed E-state index contributed by atoms with van der Waals surface area (Å²) in [4.78, 5) is 5.79. The van der Waals surface area contributed by atoms with Crippen LogP contribution >= 0.6 is 11.3 Å². The molecular formula is C13H15NOS. The maximum atomic E-state index is 5.13. The van der Waals surface area contributed by atoms with Crippen LogP contribution in [0.4, 0.5) is 0 Å². The van der Waals surface area contributed by atoms with Crippen LogP contribution in [0, 0.1) is 0 Å². The predicted octanol–water partition coefficient (Wildman–Crippen LogP) is 3.77. The van der Waals surface area contributed by atoms with Gasteiger partial charge in [-0.15, -0.1) is 11.3 Å². The fourth-order valence-corrected chi connectivity index (χ4v) is 2.56. The van der Waals surface area contributed by atoms with Gasteiger partial charge in [0.1, 0.15) is 10.8 Å². The molecule has 0 atom stereocenters. The second-order valence-corrected chi connectivity index (χ2v) is 4.73. The van der Waals surface area contributed by atoms with Crippen molar-refractivity contribution in [3.8, 4) is 16.3 Å². The highest BCUT2D eigenvalue weighted by atomic mass is 32.1. The van der Waals surface area contributed by atoms with Crippen LogP contribution in [0.25, 0.3) is 10.6 Å². The molecule has 2 nitrogen and oxygen atoms in total. The Labute approximate surface area is 99.9 Å². The summed E-state index contributed by atoms with van der Waals surface area (Å²) in [5.74, 6) is 0.883. The molecule has 1 aromatic carbocycles. The van der Waals surface area contributed by atoms with E-state index >= 15 is 0 Å². The quantitative estimate of drug-likeness (QED) is 0.802. The lowest BCUT2D eigenvalue weighted by Gasteiger charge is -1.99. The van der Waals surface area contributed by atoms with Gasteiger partial charge in [0.25, 0.3) is 0 Å². The molecule has 1 aromatic heterocycles. The Morgan fingerprint density at radius 2 is 2.00 bits per heavy atom. The van der Waals surface area contributed by atoms with Gasteiger partial charge in [0.05, 0.1) is 7.11 Å². The third-order valence-electron chi connectivity index (χ3n) is 2.39. The third-order valence-corrected chi connectivity index (χ3v) is 3.49. The van der Waals surface area contributed by atoms with Crippen molar-refractivity contribution in [3.05, 3.63) is 35.3 Å². The van der Waals surface area contributed by atoms with E-state index in [2.05, 4.69) is 11.9 Å². The fourth-order valence-electron chi connectivity index (χ4n) is 1.54. The normalized spacial score (nSPS) is 10.4. The molecule has 0 saturated carbocycles. The molecule has 2 rings (SSSR count). The van der Waals surface area contributed by atoms with Crippen LogP contribution in [-0.4, -0.2) is 12.1 Å². The average molecular weight is 233 g/mol. The Kier molecular flexibility index (Phi) is 3.57. The number of ether oxygens (including phenoxy) is 1. The SMILES string of the molecule is CCCc1cnc(-c2ccc(OC)cc2)s1. The average Bonchev–Trinajstić information content (AvgIpc) is 2.78. The van der Waals surface area contributed by atoms with Gasteiger partial charge in [0.2, 0.25) is 0 Å². The summed E-state index contributed by atoms with van der Waals surface area (Å²) in [5, 5.41) is 1.09. The van der Waals surface area contributed by atoms with Crippen LogP contribution in [-0.2, 0) is 6.42 Å². The maximum Gasteiger partial charge on any atom is 0.123 e. The Balaban J connectivity index is 2.21. The minimum absolute atomic E-state index is 0.883. The van der Waals surface area contributed by atoms with E-state index in [0.717, 1.165) is 22.7 Å². The van der Waals surface area contributed by atoms with Crippen LogP contribution in [0.3, 0.4) is 0 Å². The highest BCUT2D eigenvalue weighted by Gasteiger charge is 2.04. The van der Waals surface area contributed by atoms with E-state index in [1.807, 2.05) is 30.5 Å². The van der Waals surface area contributed by atoms with Gasteiger partial charge in [-0.3, -0.25) is 0 Å². The zero-order valence-corrected chi connectivity index (χ0v) is 10.4. The second kappa shape index (κ2) is 5.12. The number of benzene rings is 1. The molecule has 0 aliphatic heterocycles. The van der Waals surface area contributed by atoms with Crippen molar-refractivity contribution in [1.82, 2.24) is 4.98 Å². The van der Waals surface area contributed by atoms with Crippen LogP contribution in [0.15, 0.2) is 30.5 Å². The zero-order valence-electron chi connectivity index (χ0n) is 9.56. The number of aryl methyl sites for hydroxylation is 1. The minimum Gasteiger partial charge on any atom is -0.497 e. The molecule has 0 aliphatic rings. The first-order valence-corrected chi connectivity index (χ1v) is 6.24. The molecular weight excluding hydrogens is 218 g/mol. The van der Waals surface area contributed by atoms with Crippen molar-refractivity contribution in [2.45, 2.75) is 19.8 Å². The third kappa shape index (κ3) is 2.42. The van der Waals surface area contributed by atoms with Crippen molar-refractivity contribution in [3.63, 3.8) is 0 Å². The molecule has 3 heteroatoms. The molecule has 0 bridgehead atoms. The summed E-state index contributed by atoms with van der Waals surface area (Å²) in [7, 11) is 1.68. The number of hydrogen-bond acceptors (Lipinski definition) is 3. The van der Waals surface area contributed by atoms with Crippen molar-refractivity contribution in [2.75, 3.05) is 7.11 Å². The molecule has 16 heavy (non-hydrogen) atoms. The van der Waals surface area contributed by atoms with E-state index in [4.69, 9.17) is 4.74 Å². The van der Waals surface area contributed by atoms with E-state index < -0.39 is 0 Å². The molecule has 0 fully saturated rings. The number of aromatic nitrogens is 1. The van der Waals surface area contributed by atoms with Crippen molar-refractivity contribution >= 4 is 11.3 Å². The van der Waals surface area contributed by atoms with E-state index in [1.165, 1.54) is 11.3 Å². The lowest BCUT2D eigenvalue weighted by atomic mass is 10.2. The Morgan fingerprint density at radius 1 is 1.25 bits per heavy atom. The molecule has 0 saturated heterocycles. The highest BCUT2D eigenvalue weighted by Crippen LogP contribution is 2.27. The lowest BCUT2D eigenvalue weighted by Crippen LogP contribution is -1.81. The largest absolute Gasteiger partial charge is 0.497 e. The number of thiazole rings is 1. The van der Waals surface area contributed by atoms with E-state index in [0.29, 0.717) is 0 Å². The van der Waals surface area contributed by atoms with Gasteiger partial charge >= 0.3 is 0 Å². The summed E-state index contributed by atoms with van der Waals surface area (Å²) >= 11 is 1.77. The van der Waals surface area contributed by atoms with Gasteiger partial charge < -0.3 is 4.74 Å². The Morgan fingerprint density at radius 3 is 2.62 bits per heavy atom. The molecule has 0 aliphatic carbocycles. The molecule has 1 heterocycles. The molecule has 0 radical (unpaired) electrons. The molecule has 2 aromatic rings. The van der Waals surface area contributed by atoms with Crippen LogP contribution in [0.1, 0.15) is 18.2 Å². The first-order valence-electron chi connectivity index (χ1n) is 5.42. The van der Waals surface area contributed by atoms with Gasteiger partial charge in [-0.1, -0.05) is 13.3 Å². The highest BCUT2D eigenvalue weighted by molar-refractivity contribution is 7.15. The van der Waals surface area contributed by atoms with E-state index in [-0.39, 0.29) is 0 Å². The molecule has 0 amide bonds. The van der Waals surface area contributed by atoms with Gasteiger partial charge in [0, 0.05) is 16.6 Å². The van der Waals surface area contributed by atoms with Crippen LogP contribution < -0.4 is 4.74 Å². The number of hydrogen-bond donors (Lipinski definition) is 0. The first kappa shape index (κ1) is 11.1. The van der Waals surface area contributed by atoms with Crippen LogP contribution in [0.2, 0.25) is 0 Å². The Hall–Kier alpha value is -1.35. The molecule has 84 valence electrons. The van der Waals surface area contributed by atoms with Gasteiger partial charge in [-0.05, 0) is 30.7 Å². The van der Waals surface area contributed by atoms with E-state index in [1.54, 1.807) is 18.4 Å². The summed E-state index contributed by atoms with van der Waals surface area (Å²) in [6, 6.07) is 8.03. The van der Waals surface area contributed by atoms with Crippen LogP contribution in [0.5, 0.6) is 5.75 Å². The van der Waals surface area contributed by atoms with Gasteiger partial charge in [0.15, 0.2) is 0 Å². The summed E-state index contributed by atoms with van der Waals surface area (Å²) in [6.45, 7) is 2.19. The Bertz CT molecular complexity index is 447. The van der Waals surface area contributed by atoms with Crippen molar-refractivity contribution in [1.29, 1.82) is 0 Å². The lowest BCUT2D eigenvalue weighted by molar-refractivity contribution is 0.415. The zero-order chi connectivity index (χ0) is 11.4. The number of nitrogens with zero attached hydrogens (tertiary/aromatic N) is 1. The molecule has 0 spiro atoms. The fraction of sp³-hybridized carbons (Fsp3) is 0.308. The summed E-state index contributed by atoms with van der Waals surface area (Å²) in [5.41, 5.74) is 1.16. The first-order chi connectivity index (χ1) is 7.83. The van der Waals surface area contributed by atoms with Gasteiger partial charge in [-0.2, -0.15) is 0 Å². The smallest absolute Gasteiger partial charge is 0.123 e. The second-order valence-electron chi connectivity index (χ2n) is 3.61. The summed E-state index contributed by atoms with van der Waals surface area (Å²) in [6.07, 6.45) is 4.27. The van der Waals surface area contributed by atoms with E-state index in [9.17, 15) is 0 Å². The topological polar surface area (TPSA) is 22.1 Å². The molecule has 0 N–H and O–H groups in total. The monoisotopic (exact) mass is 233 g/mol. The minimum atomic E-state index is 0.883. The molecule has 0 unspecified atom stereocenters. The predicted molar refractivity (Wildman–Crippen MR) is 68.1 cm³/mol. The van der Waals surface area contributed by atoms with Crippen molar-refractivity contribution in [2.24, 2.45) is 0 Å². The van der Waals surface area contributed by atoms with Crippen molar-refractivity contribution < 1.29 is 4.74 Å². The standard InChI is InChI=1S/C13H15NOS/c1-3-4-12-9-14-13(16-12)10-5-7-11(15-2)8-6-10/h5-9H,3-4H2,1-2H3. The number of rotatable bonds is 4. The van der Waals surface area contributed by atoms with Gasteiger partial charge in [-0.25, -0.2) is 4.98 Å². The number of methoxy groups -OCH3 is 1. The maximum absolute atomic E-state index is 5.13. The summed E-state index contributed by atoms with van der Waals surface area (Å²) < 4.78 is 5.13.